The van der Waals surface area contributed by atoms with Crippen LogP contribution in [0.1, 0.15) is 17.1 Å². The van der Waals surface area contributed by atoms with Crippen molar-refractivity contribution in [3.63, 3.8) is 0 Å². The number of nitrogens with zero attached hydrogens (tertiary/aromatic N) is 4. The summed E-state index contributed by atoms with van der Waals surface area (Å²) in [6.45, 7) is 2.97. The van der Waals surface area contributed by atoms with E-state index in [0.717, 1.165) is 6.08 Å². The second-order valence-electron chi connectivity index (χ2n) is 5.14. The van der Waals surface area contributed by atoms with Gasteiger partial charge in [0.25, 0.3) is 15.9 Å². The molecule has 1 amide bonds. The van der Waals surface area contributed by atoms with E-state index in [1.54, 1.807) is 10.6 Å². The summed E-state index contributed by atoms with van der Waals surface area (Å²) in [5, 5.41) is 5.67. The van der Waals surface area contributed by atoms with E-state index >= 15 is 0 Å². The molecular weight excluding hydrogens is 388 g/mol. The molecular formula is C14H13ClN4O4S2. The number of hydrogen-bond acceptors (Lipinski definition) is 7. The first-order valence-electron chi connectivity index (χ1n) is 6.98. The van der Waals surface area contributed by atoms with E-state index in [0.29, 0.717) is 15.0 Å². The molecule has 11 heteroatoms. The molecule has 0 aliphatic rings. The number of sulfonamides is 1. The fourth-order valence-corrected chi connectivity index (χ4v) is 4.67. The number of likely N-dealkylation sites (N-methyl/N-ethyl adjacent to an activating group) is 1. The molecule has 0 radical (unpaired) electrons. The summed E-state index contributed by atoms with van der Waals surface area (Å²) in [6, 6.07) is 0. The molecule has 3 aromatic heterocycles. The molecule has 3 aromatic rings. The normalized spacial score (nSPS) is 12.3. The van der Waals surface area contributed by atoms with Crippen LogP contribution in [0.4, 0.5) is 0 Å². The average molecular weight is 401 g/mol. The largest absolute Gasteiger partial charge is 0.360 e. The molecule has 8 nitrogen and oxygen atoms in total. The molecule has 3 rings (SSSR count). The van der Waals surface area contributed by atoms with Crippen LogP contribution in [0.25, 0.3) is 11.0 Å². The van der Waals surface area contributed by atoms with Crippen LogP contribution in [0.15, 0.2) is 27.1 Å². The molecule has 0 aliphatic heterocycles. The third-order valence-corrected chi connectivity index (χ3v) is 6.57. The van der Waals surface area contributed by atoms with Crippen LogP contribution < -0.4 is 0 Å². The summed E-state index contributed by atoms with van der Waals surface area (Å²) in [6.07, 6.45) is 4.31. The number of fused-ring (bicyclic) bond motifs is 1. The molecule has 3 heterocycles. The summed E-state index contributed by atoms with van der Waals surface area (Å²) in [7, 11) is -2.89. The van der Waals surface area contributed by atoms with Gasteiger partial charge in [-0.25, -0.2) is 17.7 Å². The van der Waals surface area contributed by atoms with E-state index in [4.69, 9.17) is 16.1 Å². The Morgan fingerprint density at radius 1 is 1.44 bits per heavy atom. The van der Waals surface area contributed by atoms with Crippen LogP contribution in [-0.2, 0) is 14.8 Å². The number of amides is 1. The molecule has 0 unspecified atom stereocenters. The third kappa shape index (κ3) is 2.96. The minimum absolute atomic E-state index is 0.112. The predicted molar refractivity (Wildman–Crippen MR) is 93.0 cm³/mol. The van der Waals surface area contributed by atoms with Crippen LogP contribution in [-0.4, -0.2) is 40.2 Å². The van der Waals surface area contributed by atoms with Crippen molar-refractivity contribution in [1.82, 2.24) is 18.8 Å². The maximum absolute atomic E-state index is 12.6. The molecule has 132 valence electrons. The zero-order valence-corrected chi connectivity index (χ0v) is 15.8. The molecule has 0 aromatic carbocycles. The number of halogens is 1. The number of thiazole rings is 1. The standard InChI is InChI=1S/C14H13ClN4O4S2/c1-8-12(9(2)23-17-8)25(21,22)18(3)11(20)5-4-10-13(15)16-14-19(10)6-7-24-14/h4-7H,1-3H3/b5-4+. The number of rotatable bonds is 4. The van der Waals surface area contributed by atoms with Crippen molar-refractivity contribution in [3.8, 4) is 0 Å². The van der Waals surface area contributed by atoms with Gasteiger partial charge in [0.15, 0.2) is 20.8 Å². The van der Waals surface area contributed by atoms with Gasteiger partial charge in [0, 0.05) is 24.7 Å². The van der Waals surface area contributed by atoms with Crippen molar-refractivity contribution < 1.29 is 17.7 Å². The molecule has 0 saturated heterocycles. The number of imidazole rings is 1. The molecule has 0 aliphatic carbocycles. The van der Waals surface area contributed by atoms with Gasteiger partial charge >= 0.3 is 0 Å². The van der Waals surface area contributed by atoms with Gasteiger partial charge in [0.1, 0.15) is 5.69 Å². The van der Waals surface area contributed by atoms with Gasteiger partial charge in [-0.05, 0) is 19.9 Å². The highest BCUT2D eigenvalue weighted by molar-refractivity contribution is 7.89. The van der Waals surface area contributed by atoms with Crippen molar-refractivity contribution in [1.29, 1.82) is 0 Å². The average Bonchev–Trinajstić information content (AvgIpc) is 3.20. The number of hydrogen-bond donors (Lipinski definition) is 0. The molecule has 0 N–H and O–H groups in total. The highest BCUT2D eigenvalue weighted by Crippen LogP contribution is 2.24. The first-order valence-corrected chi connectivity index (χ1v) is 9.68. The maximum atomic E-state index is 12.6. The van der Waals surface area contributed by atoms with Gasteiger partial charge in [-0.2, -0.15) is 0 Å². The first kappa shape index (κ1) is 17.6. The highest BCUT2D eigenvalue weighted by Gasteiger charge is 2.30. The Morgan fingerprint density at radius 2 is 2.16 bits per heavy atom. The van der Waals surface area contributed by atoms with Gasteiger partial charge < -0.3 is 4.52 Å². The maximum Gasteiger partial charge on any atom is 0.271 e. The van der Waals surface area contributed by atoms with Crippen molar-refractivity contribution in [2.75, 3.05) is 7.05 Å². The Hall–Kier alpha value is -2.17. The predicted octanol–water partition coefficient (Wildman–Crippen LogP) is 2.51. The van der Waals surface area contributed by atoms with E-state index in [9.17, 15) is 13.2 Å². The van der Waals surface area contributed by atoms with Gasteiger partial charge in [0.05, 0.1) is 5.69 Å². The van der Waals surface area contributed by atoms with E-state index < -0.39 is 15.9 Å². The second kappa shape index (κ2) is 6.28. The minimum Gasteiger partial charge on any atom is -0.360 e. The smallest absolute Gasteiger partial charge is 0.271 e. The first-order chi connectivity index (χ1) is 11.7. The third-order valence-electron chi connectivity index (χ3n) is 3.53. The van der Waals surface area contributed by atoms with E-state index in [1.807, 2.05) is 5.38 Å². The Morgan fingerprint density at radius 3 is 2.80 bits per heavy atom. The number of aryl methyl sites for hydroxylation is 2. The number of aromatic nitrogens is 3. The van der Waals surface area contributed by atoms with E-state index in [-0.39, 0.29) is 21.5 Å². The summed E-state index contributed by atoms with van der Waals surface area (Å²) in [4.78, 5) is 17.0. The Labute approximate surface area is 152 Å². The van der Waals surface area contributed by atoms with Gasteiger partial charge in [-0.1, -0.05) is 16.8 Å². The monoisotopic (exact) mass is 400 g/mol. The van der Waals surface area contributed by atoms with E-state index in [2.05, 4.69) is 10.1 Å². The van der Waals surface area contributed by atoms with Crippen LogP contribution in [0.5, 0.6) is 0 Å². The molecule has 25 heavy (non-hydrogen) atoms. The Balaban J connectivity index is 1.90. The topological polar surface area (TPSA) is 97.8 Å². The molecule has 0 saturated carbocycles. The number of carbonyl (C=O) groups is 1. The molecule has 0 bridgehead atoms. The van der Waals surface area contributed by atoms with Gasteiger partial charge in [-0.3, -0.25) is 9.20 Å². The fraction of sp³-hybridized carbons (Fsp3) is 0.214. The molecule has 0 atom stereocenters. The lowest BCUT2D eigenvalue weighted by Crippen LogP contribution is -2.32. The fourth-order valence-electron chi connectivity index (χ4n) is 2.28. The van der Waals surface area contributed by atoms with Crippen LogP contribution in [0.2, 0.25) is 5.15 Å². The quantitative estimate of drug-likeness (QED) is 0.624. The lowest BCUT2D eigenvalue weighted by molar-refractivity contribution is -0.120. The van der Waals surface area contributed by atoms with Crippen LogP contribution in [0, 0.1) is 13.8 Å². The Bertz CT molecular complexity index is 1070. The van der Waals surface area contributed by atoms with Crippen molar-refractivity contribution in [2.24, 2.45) is 0 Å². The van der Waals surface area contributed by atoms with Crippen LogP contribution in [0.3, 0.4) is 0 Å². The van der Waals surface area contributed by atoms with Crippen LogP contribution >= 0.6 is 22.9 Å². The lowest BCUT2D eigenvalue weighted by atomic mass is 10.4. The second-order valence-corrected chi connectivity index (χ2v) is 8.28. The summed E-state index contributed by atoms with van der Waals surface area (Å²) >= 11 is 7.44. The van der Waals surface area contributed by atoms with Crippen molar-refractivity contribution in [3.05, 3.63) is 40.0 Å². The lowest BCUT2D eigenvalue weighted by Gasteiger charge is -2.15. The summed E-state index contributed by atoms with van der Waals surface area (Å²) in [5.41, 5.74) is 0.689. The van der Waals surface area contributed by atoms with Gasteiger partial charge in [-0.15, -0.1) is 11.3 Å². The zero-order chi connectivity index (χ0) is 18.4. The highest BCUT2D eigenvalue weighted by atomic mass is 35.5. The number of carbonyl (C=O) groups excluding carboxylic acids is 1. The summed E-state index contributed by atoms with van der Waals surface area (Å²) in [5.74, 6) is -0.610. The van der Waals surface area contributed by atoms with Crippen molar-refractivity contribution in [2.45, 2.75) is 18.7 Å². The minimum atomic E-state index is -4.07. The summed E-state index contributed by atoms with van der Waals surface area (Å²) < 4.78 is 32.4. The molecule has 0 fully saturated rings. The van der Waals surface area contributed by atoms with Gasteiger partial charge in [0.2, 0.25) is 0 Å². The van der Waals surface area contributed by atoms with Crippen molar-refractivity contribution >= 4 is 49.9 Å². The SMILES string of the molecule is Cc1noc(C)c1S(=O)(=O)N(C)C(=O)/C=C/c1c(Cl)nc2sccn12. The zero-order valence-electron chi connectivity index (χ0n) is 13.4. The van der Waals surface area contributed by atoms with E-state index in [1.165, 1.54) is 38.3 Å². The Kier molecular flexibility index (Phi) is 4.43. The molecule has 0 spiro atoms.